The van der Waals surface area contributed by atoms with Crippen LogP contribution in [0.1, 0.15) is 27.2 Å². The summed E-state index contributed by atoms with van der Waals surface area (Å²) in [5.41, 5.74) is 0. The molecule has 8 nitrogen and oxygen atoms in total. The maximum Gasteiger partial charge on any atom is 0.323 e. The first-order valence-electron chi connectivity index (χ1n) is 6.82. The van der Waals surface area contributed by atoms with Gasteiger partial charge in [-0.05, 0) is 20.3 Å². The van der Waals surface area contributed by atoms with Gasteiger partial charge in [-0.15, -0.1) is 0 Å². The first-order chi connectivity index (χ1) is 9.69. The zero-order chi connectivity index (χ0) is 14.8. The number of anilines is 2. The Kier molecular flexibility index (Phi) is 7.08. The van der Waals surface area contributed by atoms with Crippen molar-refractivity contribution in [2.45, 2.75) is 27.2 Å². The molecule has 1 aromatic heterocycles. The van der Waals surface area contributed by atoms with Crippen LogP contribution < -0.4 is 20.7 Å². The Balaban J connectivity index is 2.65. The number of carbonyl (C=O) groups excluding carboxylic acids is 1. The van der Waals surface area contributed by atoms with Crippen molar-refractivity contribution in [1.29, 1.82) is 0 Å². The summed E-state index contributed by atoms with van der Waals surface area (Å²) in [5, 5.41) is 8.61. The van der Waals surface area contributed by atoms with Crippen molar-refractivity contribution in [2.24, 2.45) is 0 Å². The average molecular weight is 282 g/mol. The van der Waals surface area contributed by atoms with E-state index in [0.29, 0.717) is 31.6 Å². The summed E-state index contributed by atoms with van der Waals surface area (Å²) in [4.78, 5) is 23.8. The van der Waals surface area contributed by atoms with Gasteiger partial charge in [0.2, 0.25) is 17.8 Å². The fourth-order valence-electron chi connectivity index (χ4n) is 1.35. The molecule has 1 amide bonds. The number of nitrogens with one attached hydrogen (secondary N) is 3. The Morgan fingerprint density at radius 1 is 1.10 bits per heavy atom. The Hall–Kier alpha value is -2.12. The minimum atomic E-state index is -0.102. The lowest BCUT2D eigenvalue weighted by Gasteiger charge is -2.09. The topological polar surface area (TPSA) is 101 Å². The van der Waals surface area contributed by atoms with Gasteiger partial charge in [0.25, 0.3) is 0 Å². The molecule has 20 heavy (non-hydrogen) atoms. The van der Waals surface area contributed by atoms with Gasteiger partial charge in [-0.2, -0.15) is 15.0 Å². The Morgan fingerprint density at radius 3 is 2.40 bits per heavy atom. The van der Waals surface area contributed by atoms with Crippen molar-refractivity contribution in [3.8, 4) is 6.01 Å². The number of rotatable bonds is 9. The van der Waals surface area contributed by atoms with E-state index in [0.717, 1.165) is 6.42 Å². The van der Waals surface area contributed by atoms with Crippen LogP contribution in [-0.4, -0.2) is 47.1 Å². The highest BCUT2D eigenvalue weighted by molar-refractivity contribution is 5.80. The molecule has 0 saturated carbocycles. The number of aromatic nitrogens is 3. The molecule has 0 unspecified atom stereocenters. The molecule has 1 aromatic rings. The summed E-state index contributed by atoms with van der Waals surface area (Å²) in [6.45, 7) is 7.71. The molecule has 0 atom stereocenters. The van der Waals surface area contributed by atoms with E-state index in [1.807, 2.05) is 20.8 Å². The molecular weight excluding hydrogens is 260 g/mol. The number of nitrogens with zero attached hydrogens (tertiary/aromatic N) is 3. The van der Waals surface area contributed by atoms with Crippen LogP contribution in [-0.2, 0) is 4.79 Å². The third-order valence-corrected chi connectivity index (χ3v) is 2.20. The largest absolute Gasteiger partial charge is 0.464 e. The van der Waals surface area contributed by atoms with E-state index in [1.54, 1.807) is 0 Å². The van der Waals surface area contributed by atoms with Crippen LogP contribution in [0, 0.1) is 0 Å². The first kappa shape index (κ1) is 15.9. The van der Waals surface area contributed by atoms with Crippen LogP contribution >= 0.6 is 0 Å². The predicted octanol–water partition coefficient (Wildman–Crippen LogP) is 0.640. The quantitative estimate of drug-likeness (QED) is 0.611. The molecule has 0 aliphatic rings. The van der Waals surface area contributed by atoms with Gasteiger partial charge in [0, 0.05) is 13.1 Å². The van der Waals surface area contributed by atoms with Crippen molar-refractivity contribution in [2.75, 3.05) is 36.9 Å². The predicted molar refractivity (Wildman–Crippen MR) is 77.0 cm³/mol. The van der Waals surface area contributed by atoms with Crippen LogP contribution in [0.15, 0.2) is 0 Å². The zero-order valence-corrected chi connectivity index (χ0v) is 12.2. The van der Waals surface area contributed by atoms with Gasteiger partial charge >= 0.3 is 6.01 Å². The second kappa shape index (κ2) is 8.89. The number of hydrogen-bond donors (Lipinski definition) is 3. The van der Waals surface area contributed by atoms with Crippen LogP contribution in [0.4, 0.5) is 11.9 Å². The molecule has 0 saturated heterocycles. The van der Waals surface area contributed by atoms with Gasteiger partial charge in [0.15, 0.2) is 0 Å². The van der Waals surface area contributed by atoms with Crippen LogP contribution in [0.2, 0.25) is 0 Å². The van der Waals surface area contributed by atoms with Crippen molar-refractivity contribution in [3.05, 3.63) is 0 Å². The molecule has 1 heterocycles. The monoisotopic (exact) mass is 282 g/mol. The molecule has 8 heteroatoms. The molecule has 1 rings (SSSR count). The summed E-state index contributed by atoms with van der Waals surface area (Å²) in [6.07, 6.45) is 0.899. The minimum Gasteiger partial charge on any atom is -0.464 e. The molecule has 0 bridgehead atoms. The standard InChI is InChI=1S/C12H22N6O2/c1-4-7-14-9(19)8-15-11-16-10(13-5-2)17-12(18-11)20-6-3/h4-8H2,1-3H3,(H,14,19)(H2,13,15,16,17,18). The second-order valence-corrected chi connectivity index (χ2v) is 3.93. The summed E-state index contributed by atoms with van der Waals surface area (Å²) in [6, 6.07) is 0.231. The summed E-state index contributed by atoms with van der Waals surface area (Å²) >= 11 is 0. The highest BCUT2D eigenvalue weighted by atomic mass is 16.5. The molecule has 0 aliphatic heterocycles. The maximum absolute atomic E-state index is 11.5. The van der Waals surface area contributed by atoms with Crippen molar-refractivity contribution in [1.82, 2.24) is 20.3 Å². The van der Waals surface area contributed by atoms with Crippen LogP contribution in [0.5, 0.6) is 6.01 Å². The van der Waals surface area contributed by atoms with Crippen molar-refractivity contribution < 1.29 is 9.53 Å². The van der Waals surface area contributed by atoms with Gasteiger partial charge < -0.3 is 20.7 Å². The van der Waals surface area contributed by atoms with E-state index in [9.17, 15) is 4.79 Å². The lowest BCUT2D eigenvalue weighted by Crippen LogP contribution is -2.30. The van der Waals surface area contributed by atoms with Gasteiger partial charge in [-0.1, -0.05) is 6.92 Å². The molecule has 112 valence electrons. The average Bonchev–Trinajstić information content (AvgIpc) is 2.43. The van der Waals surface area contributed by atoms with E-state index in [1.165, 1.54) is 0 Å². The van der Waals surface area contributed by atoms with Crippen LogP contribution in [0.3, 0.4) is 0 Å². The van der Waals surface area contributed by atoms with E-state index >= 15 is 0 Å². The van der Waals surface area contributed by atoms with E-state index in [-0.39, 0.29) is 18.5 Å². The highest BCUT2D eigenvalue weighted by Gasteiger charge is 2.08. The number of amides is 1. The number of carbonyl (C=O) groups is 1. The molecule has 0 aromatic carbocycles. The molecule has 0 aliphatic carbocycles. The maximum atomic E-state index is 11.5. The number of ether oxygens (including phenoxy) is 1. The van der Waals surface area contributed by atoms with Crippen molar-refractivity contribution >= 4 is 17.8 Å². The van der Waals surface area contributed by atoms with Gasteiger partial charge in [-0.25, -0.2) is 0 Å². The van der Waals surface area contributed by atoms with Gasteiger partial charge in [0.1, 0.15) is 0 Å². The van der Waals surface area contributed by atoms with Crippen LogP contribution in [0.25, 0.3) is 0 Å². The summed E-state index contributed by atoms with van der Waals surface area (Å²) < 4.78 is 5.26. The Bertz CT molecular complexity index is 402. The fourth-order valence-corrected chi connectivity index (χ4v) is 1.35. The molecule has 0 fully saturated rings. The SMILES string of the molecule is CCCNC(=O)CNc1nc(NCC)nc(OCC)n1. The lowest BCUT2D eigenvalue weighted by atomic mass is 10.4. The second-order valence-electron chi connectivity index (χ2n) is 3.93. The number of hydrogen-bond acceptors (Lipinski definition) is 7. The molecule has 3 N–H and O–H groups in total. The zero-order valence-electron chi connectivity index (χ0n) is 12.2. The van der Waals surface area contributed by atoms with E-state index in [2.05, 4.69) is 30.9 Å². The molecule has 0 spiro atoms. The fraction of sp³-hybridized carbons (Fsp3) is 0.667. The van der Waals surface area contributed by atoms with E-state index < -0.39 is 0 Å². The third-order valence-electron chi connectivity index (χ3n) is 2.20. The molecule has 0 radical (unpaired) electrons. The minimum absolute atomic E-state index is 0.102. The summed E-state index contributed by atoms with van der Waals surface area (Å²) in [7, 11) is 0. The van der Waals surface area contributed by atoms with Crippen molar-refractivity contribution in [3.63, 3.8) is 0 Å². The highest BCUT2D eigenvalue weighted by Crippen LogP contribution is 2.10. The Labute approximate surface area is 118 Å². The lowest BCUT2D eigenvalue weighted by molar-refractivity contribution is -0.119. The normalized spacial score (nSPS) is 9.95. The van der Waals surface area contributed by atoms with Gasteiger partial charge in [0.05, 0.1) is 13.2 Å². The first-order valence-corrected chi connectivity index (χ1v) is 6.82. The molecular formula is C12H22N6O2. The smallest absolute Gasteiger partial charge is 0.323 e. The van der Waals surface area contributed by atoms with Gasteiger partial charge in [-0.3, -0.25) is 4.79 Å². The third kappa shape index (κ3) is 5.68. The Morgan fingerprint density at radius 2 is 1.80 bits per heavy atom. The summed E-state index contributed by atoms with van der Waals surface area (Å²) in [5.74, 6) is 0.628. The van der Waals surface area contributed by atoms with E-state index in [4.69, 9.17) is 4.74 Å².